The van der Waals surface area contributed by atoms with Crippen LogP contribution in [0.2, 0.25) is 0 Å². The SMILES string of the molecule is COC(=O)[C@@H]1CCc2c(cnn2C(C)C)C1. The van der Waals surface area contributed by atoms with Crippen molar-refractivity contribution in [3.05, 3.63) is 17.5 Å². The highest BCUT2D eigenvalue weighted by Crippen LogP contribution is 2.27. The van der Waals surface area contributed by atoms with Gasteiger partial charge in [0, 0.05) is 11.7 Å². The molecule has 2 rings (SSSR count). The summed E-state index contributed by atoms with van der Waals surface area (Å²) in [5.74, 6) is -0.0785. The number of ether oxygens (including phenoxy) is 1. The first kappa shape index (κ1) is 11.2. The fraction of sp³-hybridized carbons (Fsp3) is 0.667. The molecule has 0 fully saturated rings. The Labute approximate surface area is 95.6 Å². The standard InChI is InChI=1S/C12H18N2O2/c1-8(2)14-11-5-4-9(12(15)16-3)6-10(11)7-13-14/h7-9H,4-6H2,1-3H3/t9-/m1/s1. The van der Waals surface area contributed by atoms with Crippen molar-refractivity contribution in [1.29, 1.82) is 0 Å². The molecule has 1 atom stereocenters. The molecular formula is C12H18N2O2. The van der Waals surface area contributed by atoms with Crippen molar-refractivity contribution in [3.8, 4) is 0 Å². The highest BCUT2D eigenvalue weighted by molar-refractivity contribution is 5.73. The Morgan fingerprint density at radius 2 is 2.38 bits per heavy atom. The minimum atomic E-state index is -0.0945. The Bertz CT molecular complexity index is 396. The van der Waals surface area contributed by atoms with E-state index in [1.165, 1.54) is 18.4 Å². The van der Waals surface area contributed by atoms with Gasteiger partial charge in [0.15, 0.2) is 0 Å². The highest BCUT2D eigenvalue weighted by atomic mass is 16.5. The van der Waals surface area contributed by atoms with Crippen LogP contribution in [0.5, 0.6) is 0 Å². The first-order valence-electron chi connectivity index (χ1n) is 5.76. The van der Waals surface area contributed by atoms with Crippen molar-refractivity contribution in [2.24, 2.45) is 5.92 Å². The van der Waals surface area contributed by atoms with Gasteiger partial charge in [0.25, 0.3) is 0 Å². The van der Waals surface area contributed by atoms with Crippen LogP contribution in [0.15, 0.2) is 6.20 Å². The molecule has 0 unspecified atom stereocenters. The van der Waals surface area contributed by atoms with Crippen molar-refractivity contribution in [2.45, 2.75) is 39.2 Å². The van der Waals surface area contributed by atoms with Crippen LogP contribution in [-0.4, -0.2) is 22.9 Å². The minimum absolute atomic E-state index is 0.0160. The number of carbonyl (C=O) groups excluding carboxylic acids is 1. The van der Waals surface area contributed by atoms with E-state index in [1.807, 2.05) is 6.20 Å². The molecule has 0 bridgehead atoms. The summed E-state index contributed by atoms with van der Waals surface area (Å²) in [6, 6.07) is 0.387. The molecule has 0 N–H and O–H groups in total. The number of esters is 1. The lowest BCUT2D eigenvalue weighted by atomic mass is 9.88. The van der Waals surface area contributed by atoms with Crippen molar-refractivity contribution < 1.29 is 9.53 Å². The van der Waals surface area contributed by atoms with Crippen LogP contribution in [0.3, 0.4) is 0 Å². The van der Waals surface area contributed by atoms with Gasteiger partial charge in [-0.3, -0.25) is 9.48 Å². The van der Waals surface area contributed by atoms with Gasteiger partial charge >= 0.3 is 5.97 Å². The molecule has 1 aliphatic rings. The average Bonchev–Trinajstić information content (AvgIpc) is 2.70. The predicted octanol–water partition coefficient (Wildman–Crippen LogP) is 1.74. The van der Waals surface area contributed by atoms with Crippen molar-refractivity contribution in [2.75, 3.05) is 7.11 Å². The Morgan fingerprint density at radius 1 is 1.62 bits per heavy atom. The van der Waals surface area contributed by atoms with Crippen LogP contribution in [0.1, 0.15) is 37.6 Å². The number of nitrogens with zero attached hydrogens (tertiary/aromatic N) is 2. The third-order valence-corrected chi connectivity index (χ3v) is 3.20. The number of aromatic nitrogens is 2. The molecule has 0 spiro atoms. The first-order chi connectivity index (χ1) is 7.63. The van der Waals surface area contributed by atoms with Crippen molar-refractivity contribution >= 4 is 5.97 Å². The quantitative estimate of drug-likeness (QED) is 0.716. The molecule has 0 aromatic carbocycles. The van der Waals surface area contributed by atoms with E-state index >= 15 is 0 Å². The number of rotatable bonds is 2. The largest absolute Gasteiger partial charge is 0.469 e. The molecule has 16 heavy (non-hydrogen) atoms. The summed E-state index contributed by atoms with van der Waals surface area (Å²) in [6.07, 6.45) is 4.46. The van der Waals surface area contributed by atoms with Gasteiger partial charge in [-0.05, 0) is 38.7 Å². The summed E-state index contributed by atoms with van der Waals surface area (Å²) >= 11 is 0. The van der Waals surface area contributed by atoms with Crippen LogP contribution in [-0.2, 0) is 22.4 Å². The molecule has 88 valence electrons. The third-order valence-electron chi connectivity index (χ3n) is 3.20. The summed E-state index contributed by atoms with van der Waals surface area (Å²) < 4.78 is 6.85. The predicted molar refractivity (Wildman–Crippen MR) is 60.1 cm³/mol. The fourth-order valence-electron chi connectivity index (χ4n) is 2.36. The average molecular weight is 222 g/mol. The summed E-state index contributed by atoms with van der Waals surface area (Å²) in [4.78, 5) is 11.5. The Balaban J connectivity index is 2.20. The van der Waals surface area contributed by atoms with Gasteiger partial charge in [-0.2, -0.15) is 5.10 Å². The summed E-state index contributed by atoms with van der Waals surface area (Å²) in [5.41, 5.74) is 2.49. The van der Waals surface area contributed by atoms with Gasteiger partial charge in [-0.25, -0.2) is 0 Å². The van der Waals surface area contributed by atoms with Gasteiger partial charge in [0.05, 0.1) is 19.2 Å². The lowest BCUT2D eigenvalue weighted by Gasteiger charge is -2.21. The van der Waals surface area contributed by atoms with Gasteiger partial charge in [-0.1, -0.05) is 0 Å². The van der Waals surface area contributed by atoms with E-state index in [2.05, 4.69) is 23.6 Å². The van der Waals surface area contributed by atoms with Gasteiger partial charge in [-0.15, -0.1) is 0 Å². The topological polar surface area (TPSA) is 44.1 Å². The van der Waals surface area contributed by atoms with E-state index in [0.29, 0.717) is 6.04 Å². The van der Waals surface area contributed by atoms with E-state index in [1.54, 1.807) is 0 Å². The summed E-state index contributed by atoms with van der Waals surface area (Å²) in [6.45, 7) is 4.25. The van der Waals surface area contributed by atoms with Crippen LogP contribution in [0.25, 0.3) is 0 Å². The maximum Gasteiger partial charge on any atom is 0.309 e. The maximum atomic E-state index is 11.5. The number of methoxy groups -OCH3 is 1. The van der Waals surface area contributed by atoms with Crippen LogP contribution in [0.4, 0.5) is 0 Å². The molecule has 1 aliphatic carbocycles. The normalized spacial score (nSPS) is 19.6. The zero-order chi connectivity index (χ0) is 11.7. The zero-order valence-electron chi connectivity index (χ0n) is 10.1. The van der Waals surface area contributed by atoms with Crippen LogP contribution < -0.4 is 0 Å². The molecule has 0 saturated heterocycles. The molecule has 1 heterocycles. The molecule has 0 radical (unpaired) electrons. The van der Waals surface area contributed by atoms with Gasteiger partial charge in [0.1, 0.15) is 0 Å². The Morgan fingerprint density at radius 3 is 3.00 bits per heavy atom. The maximum absolute atomic E-state index is 11.5. The molecule has 0 aliphatic heterocycles. The van der Waals surface area contributed by atoms with Crippen LogP contribution >= 0.6 is 0 Å². The van der Waals surface area contributed by atoms with E-state index in [4.69, 9.17) is 4.74 Å². The number of fused-ring (bicyclic) bond motifs is 1. The van der Waals surface area contributed by atoms with Gasteiger partial charge in [0.2, 0.25) is 0 Å². The highest BCUT2D eigenvalue weighted by Gasteiger charge is 2.28. The Kier molecular flexibility index (Phi) is 2.99. The Hall–Kier alpha value is -1.32. The second-order valence-electron chi connectivity index (χ2n) is 4.62. The zero-order valence-corrected chi connectivity index (χ0v) is 10.1. The smallest absolute Gasteiger partial charge is 0.309 e. The lowest BCUT2D eigenvalue weighted by Crippen LogP contribution is -2.24. The van der Waals surface area contributed by atoms with E-state index in [9.17, 15) is 4.79 Å². The van der Waals surface area contributed by atoms with Crippen molar-refractivity contribution in [3.63, 3.8) is 0 Å². The molecular weight excluding hydrogens is 204 g/mol. The van der Waals surface area contributed by atoms with E-state index < -0.39 is 0 Å². The molecule has 0 saturated carbocycles. The number of hydrogen-bond acceptors (Lipinski definition) is 3. The molecule has 4 nitrogen and oxygen atoms in total. The van der Waals surface area contributed by atoms with Crippen LogP contribution in [0, 0.1) is 5.92 Å². The second-order valence-corrected chi connectivity index (χ2v) is 4.62. The number of hydrogen-bond donors (Lipinski definition) is 0. The van der Waals surface area contributed by atoms with Crippen molar-refractivity contribution in [1.82, 2.24) is 9.78 Å². The fourth-order valence-corrected chi connectivity index (χ4v) is 2.36. The first-order valence-corrected chi connectivity index (χ1v) is 5.76. The minimum Gasteiger partial charge on any atom is -0.469 e. The summed E-state index contributed by atoms with van der Waals surface area (Å²) in [5, 5.41) is 4.38. The summed E-state index contributed by atoms with van der Waals surface area (Å²) in [7, 11) is 1.45. The third kappa shape index (κ3) is 1.84. The second kappa shape index (κ2) is 4.28. The monoisotopic (exact) mass is 222 g/mol. The van der Waals surface area contributed by atoms with E-state index in [0.717, 1.165) is 19.3 Å². The van der Waals surface area contributed by atoms with Gasteiger partial charge < -0.3 is 4.74 Å². The molecule has 1 aromatic heterocycles. The van der Waals surface area contributed by atoms with E-state index in [-0.39, 0.29) is 11.9 Å². The molecule has 0 amide bonds. The molecule has 4 heteroatoms. The molecule has 1 aromatic rings. The lowest BCUT2D eigenvalue weighted by molar-refractivity contribution is -0.145. The number of carbonyl (C=O) groups is 1.